The fourth-order valence-electron chi connectivity index (χ4n) is 6.03. The van der Waals surface area contributed by atoms with Gasteiger partial charge in [-0.25, -0.2) is 13.1 Å². The molecule has 0 aromatic rings. The van der Waals surface area contributed by atoms with Gasteiger partial charge in [0.25, 0.3) is 6.04 Å². The van der Waals surface area contributed by atoms with Crippen LogP contribution in [0.2, 0.25) is 0 Å². The molecule has 0 aromatic carbocycles. The van der Waals surface area contributed by atoms with E-state index in [4.69, 9.17) is 17.9 Å². The molecule has 2 unspecified atom stereocenters. The van der Waals surface area contributed by atoms with Gasteiger partial charge in [0.1, 0.15) is 5.60 Å². The molecule has 2 aliphatic carbocycles. The van der Waals surface area contributed by atoms with Crippen molar-refractivity contribution in [2.24, 2.45) is 17.8 Å². The average molecular weight is 357 g/mol. The topological polar surface area (TPSA) is 38.2 Å². The van der Waals surface area contributed by atoms with E-state index < -0.39 is 17.2 Å². The Bertz CT molecular complexity index is 673. The van der Waals surface area contributed by atoms with E-state index in [0.29, 0.717) is 6.42 Å². The van der Waals surface area contributed by atoms with E-state index >= 15 is 0 Å². The smallest absolute Gasteiger partial charge is 0.255 e. The highest BCUT2D eigenvalue weighted by atomic mass is 16.5. The first-order valence-electron chi connectivity index (χ1n) is 9.89. The molecule has 0 aromatic heterocycles. The number of hydrogen-bond acceptors (Lipinski definition) is 2. The van der Waals surface area contributed by atoms with Crippen LogP contribution in [0.1, 0.15) is 66.2 Å². The second kappa shape index (κ2) is 6.36. The number of aliphatic hydroxyl groups is 1. The maximum Gasteiger partial charge on any atom is 0.255 e. The summed E-state index contributed by atoms with van der Waals surface area (Å²) in [5.41, 5.74) is -0.649. The molecule has 1 aliphatic heterocycles. The summed E-state index contributed by atoms with van der Waals surface area (Å²) in [7, 11) is 0. The fourth-order valence-corrected chi connectivity index (χ4v) is 6.03. The van der Waals surface area contributed by atoms with Crippen molar-refractivity contribution in [3.8, 4) is 0 Å². The summed E-state index contributed by atoms with van der Waals surface area (Å²) in [4.78, 5) is 7.93. The lowest BCUT2D eigenvalue weighted by Crippen LogP contribution is -2.61. The quantitative estimate of drug-likeness (QED) is 0.577. The van der Waals surface area contributed by atoms with Crippen molar-refractivity contribution in [3.05, 3.63) is 35.0 Å². The predicted octanol–water partition coefficient (Wildman–Crippen LogP) is 4.65. The third-order valence-electron chi connectivity index (χ3n) is 7.70. The molecule has 0 amide bonds. The van der Waals surface area contributed by atoms with Crippen molar-refractivity contribution in [1.29, 1.82) is 0 Å². The third-order valence-corrected chi connectivity index (χ3v) is 7.70. The molecule has 0 radical (unpaired) electrons. The summed E-state index contributed by atoms with van der Waals surface area (Å²) < 4.78 is 6.50. The molecule has 1 saturated heterocycles. The highest BCUT2D eigenvalue weighted by molar-refractivity contribution is 5.19. The molecule has 0 spiro atoms. The Labute approximate surface area is 158 Å². The van der Waals surface area contributed by atoms with Crippen LogP contribution in [0.25, 0.3) is 9.69 Å². The standard InChI is InChI=1S/C22H32N2O2/c1-14(2)17-10-13-22(5,26-17)16-8-11-20(3,24-7)15-9-12-21(4,25)19(23-6)18(15)16/h15-19,25H,1,8-13H2,2-5H3/t15-,16?,17-,18?,19+,20-,21+,22+/m0/s1. The second-order valence-electron chi connectivity index (χ2n) is 9.57. The van der Waals surface area contributed by atoms with Gasteiger partial charge in [0.2, 0.25) is 5.54 Å². The summed E-state index contributed by atoms with van der Waals surface area (Å²) in [6.45, 7) is 27.8. The minimum atomic E-state index is -0.982. The van der Waals surface area contributed by atoms with Gasteiger partial charge in [0, 0.05) is 19.3 Å². The van der Waals surface area contributed by atoms with Crippen molar-refractivity contribution in [2.45, 2.75) is 95.1 Å². The Kier molecular flexibility index (Phi) is 4.75. The predicted molar refractivity (Wildman–Crippen MR) is 102 cm³/mol. The molecule has 3 aliphatic rings. The normalized spacial score (nSPS) is 51.1. The van der Waals surface area contributed by atoms with Gasteiger partial charge in [-0.05, 0) is 58.8 Å². The van der Waals surface area contributed by atoms with Crippen LogP contribution in [0.3, 0.4) is 0 Å². The molecule has 4 nitrogen and oxygen atoms in total. The lowest BCUT2D eigenvalue weighted by Gasteiger charge is -2.53. The van der Waals surface area contributed by atoms with Crippen LogP contribution in [0.4, 0.5) is 0 Å². The van der Waals surface area contributed by atoms with Gasteiger partial charge in [-0.1, -0.05) is 12.2 Å². The maximum absolute atomic E-state index is 11.0. The van der Waals surface area contributed by atoms with Crippen LogP contribution < -0.4 is 0 Å². The first-order valence-corrected chi connectivity index (χ1v) is 9.89. The van der Waals surface area contributed by atoms with Crippen molar-refractivity contribution < 1.29 is 9.84 Å². The summed E-state index contributed by atoms with van der Waals surface area (Å²) in [6.07, 6.45) is 5.18. The molecular formula is C22H32N2O2. The van der Waals surface area contributed by atoms with Gasteiger partial charge in [-0.2, -0.15) is 0 Å². The minimum absolute atomic E-state index is 0.0120. The third kappa shape index (κ3) is 2.88. The van der Waals surface area contributed by atoms with E-state index in [9.17, 15) is 5.11 Å². The molecule has 142 valence electrons. The number of rotatable bonds is 2. The lowest BCUT2D eigenvalue weighted by atomic mass is 9.51. The van der Waals surface area contributed by atoms with Crippen LogP contribution in [-0.2, 0) is 4.74 Å². The molecule has 26 heavy (non-hydrogen) atoms. The first kappa shape index (κ1) is 19.4. The van der Waals surface area contributed by atoms with Crippen LogP contribution >= 0.6 is 0 Å². The van der Waals surface area contributed by atoms with E-state index in [1.165, 1.54) is 0 Å². The van der Waals surface area contributed by atoms with Crippen LogP contribution in [0.15, 0.2) is 12.2 Å². The molecule has 8 atom stereocenters. The zero-order valence-corrected chi connectivity index (χ0v) is 16.6. The first-order chi connectivity index (χ1) is 12.1. The van der Waals surface area contributed by atoms with Crippen molar-refractivity contribution in [2.75, 3.05) is 0 Å². The highest BCUT2D eigenvalue weighted by Crippen LogP contribution is 2.58. The number of nitrogens with zero attached hydrogens (tertiary/aromatic N) is 2. The van der Waals surface area contributed by atoms with Gasteiger partial charge < -0.3 is 19.5 Å². The Morgan fingerprint density at radius 1 is 1.08 bits per heavy atom. The largest absolute Gasteiger partial charge is 0.382 e. The Morgan fingerprint density at radius 3 is 2.27 bits per heavy atom. The summed E-state index contributed by atoms with van der Waals surface area (Å²) in [5.74, 6) is 0.373. The Balaban J connectivity index is 2.00. The lowest BCUT2D eigenvalue weighted by molar-refractivity contribution is -0.137. The summed E-state index contributed by atoms with van der Waals surface area (Å²) in [5, 5.41) is 11.0. The van der Waals surface area contributed by atoms with Crippen molar-refractivity contribution in [3.63, 3.8) is 0 Å². The van der Waals surface area contributed by atoms with Gasteiger partial charge in [0.15, 0.2) is 0 Å². The molecular weight excluding hydrogens is 324 g/mol. The summed E-state index contributed by atoms with van der Waals surface area (Å²) >= 11 is 0. The van der Waals surface area contributed by atoms with E-state index in [1.807, 2.05) is 6.92 Å². The number of hydrogen-bond donors (Lipinski definition) is 1. The summed E-state index contributed by atoms with van der Waals surface area (Å²) in [6, 6.07) is -0.461. The second-order valence-corrected chi connectivity index (χ2v) is 9.57. The van der Waals surface area contributed by atoms with E-state index in [2.05, 4.69) is 30.1 Å². The maximum atomic E-state index is 11.0. The Hall–Kier alpha value is -1.36. The van der Waals surface area contributed by atoms with Gasteiger partial charge >= 0.3 is 0 Å². The fraction of sp³-hybridized carbons (Fsp3) is 0.818. The minimum Gasteiger partial charge on any atom is -0.382 e. The molecule has 1 N–H and O–H groups in total. The zero-order chi connectivity index (χ0) is 19.3. The Morgan fingerprint density at radius 2 is 1.73 bits per heavy atom. The van der Waals surface area contributed by atoms with E-state index in [0.717, 1.165) is 37.7 Å². The molecule has 2 saturated carbocycles. The van der Waals surface area contributed by atoms with Crippen LogP contribution in [0.5, 0.6) is 0 Å². The molecule has 4 heteroatoms. The molecule has 3 rings (SSSR count). The number of ether oxygens (including phenoxy) is 1. The van der Waals surface area contributed by atoms with Gasteiger partial charge in [-0.15, -0.1) is 0 Å². The van der Waals surface area contributed by atoms with Crippen molar-refractivity contribution >= 4 is 0 Å². The molecule has 0 bridgehead atoms. The van der Waals surface area contributed by atoms with Crippen LogP contribution in [0, 0.1) is 30.9 Å². The van der Waals surface area contributed by atoms with Gasteiger partial charge in [0.05, 0.1) is 17.6 Å². The molecule has 1 heterocycles. The van der Waals surface area contributed by atoms with Crippen molar-refractivity contribution in [1.82, 2.24) is 0 Å². The van der Waals surface area contributed by atoms with E-state index in [-0.39, 0.29) is 29.5 Å². The number of fused-ring (bicyclic) bond motifs is 1. The monoisotopic (exact) mass is 356 g/mol. The SMILES string of the molecule is [C-]#[N+][C@@H]1C2C([C@@]3(C)CC[C@@H](C(=C)C)O3)CC[C@](C)([N+]#[C-])[C@H]2CC[C@@]1(C)O. The van der Waals surface area contributed by atoms with Gasteiger partial charge in [-0.3, -0.25) is 0 Å². The highest BCUT2D eigenvalue weighted by Gasteiger charge is 2.65. The van der Waals surface area contributed by atoms with Crippen LogP contribution in [-0.4, -0.2) is 34.0 Å². The zero-order valence-electron chi connectivity index (χ0n) is 16.6. The molecule has 3 fully saturated rings. The van der Waals surface area contributed by atoms with E-state index in [1.54, 1.807) is 6.92 Å². The average Bonchev–Trinajstić information content (AvgIpc) is 2.98.